The van der Waals surface area contributed by atoms with Gasteiger partial charge >= 0.3 is 11.9 Å². The lowest BCUT2D eigenvalue weighted by molar-refractivity contribution is -0.138. The van der Waals surface area contributed by atoms with Crippen LogP contribution in [0.25, 0.3) is 11.5 Å². The SMILES string of the molecule is CCCCCCCCCCCCOc1cc(N=C/C(C(=O)OCC)=C(/O)c2ccccc2)c(N=C/C(C(=O)OCC)=C(/O)c2ccccc2)cc1OCCCCCCCCCCCC. The number of carbonyl (C=O) groups excluding carboxylic acids is 2. The molecule has 0 unspecified atom stereocenters. The third kappa shape index (κ3) is 20.4. The van der Waals surface area contributed by atoms with Crippen LogP contribution in [0.1, 0.15) is 167 Å². The fourth-order valence-corrected chi connectivity index (χ4v) is 7.12. The summed E-state index contributed by atoms with van der Waals surface area (Å²) in [4.78, 5) is 35.9. The smallest absolute Gasteiger partial charge is 0.343 e. The zero-order valence-corrected chi connectivity index (χ0v) is 39.3. The van der Waals surface area contributed by atoms with E-state index in [4.69, 9.17) is 28.9 Å². The maximum atomic E-state index is 13.3. The van der Waals surface area contributed by atoms with E-state index in [0.29, 0.717) is 35.8 Å². The summed E-state index contributed by atoms with van der Waals surface area (Å²) in [5.41, 5.74) is 1.01. The zero-order valence-electron chi connectivity index (χ0n) is 39.3. The minimum atomic E-state index is -0.758. The lowest BCUT2D eigenvalue weighted by Crippen LogP contribution is -2.11. The molecule has 0 saturated carbocycles. The molecule has 3 rings (SSSR count). The second kappa shape index (κ2) is 33.2. The first-order valence-corrected chi connectivity index (χ1v) is 24.2. The monoisotopic (exact) mass is 881 g/mol. The molecule has 0 aromatic heterocycles. The number of aliphatic hydroxyl groups excluding tert-OH is 2. The first-order chi connectivity index (χ1) is 31.3. The molecule has 0 radical (unpaired) electrons. The molecule has 350 valence electrons. The second-order valence-electron chi connectivity index (χ2n) is 16.1. The quantitative estimate of drug-likeness (QED) is 0.0199. The summed E-state index contributed by atoms with van der Waals surface area (Å²) in [7, 11) is 0. The Kier molecular flexibility index (Phi) is 27.5. The third-order valence-electron chi connectivity index (χ3n) is 10.8. The Bertz CT molecular complexity index is 1750. The van der Waals surface area contributed by atoms with E-state index in [1.165, 1.54) is 102 Å². The number of aliphatic hydroxyl groups is 2. The molecule has 0 atom stereocenters. The Morgan fingerprint density at radius 3 is 1.09 bits per heavy atom. The highest BCUT2D eigenvalue weighted by atomic mass is 16.5. The highest BCUT2D eigenvalue weighted by Crippen LogP contribution is 2.41. The number of benzene rings is 3. The van der Waals surface area contributed by atoms with Crippen molar-refractivity contribution in [1.29, 1.82) is 0 Å². The van der Waals surface area contributed by atoms with E-state index in [9.17, 15) is 19.8 Å². The van der Waals surface area contributed by atoms with E-state index in [0.717, 1.165) is 38.5 Å². The van der Waals surface area contributed by atoms with Crippen molar-refractivity contribution in [3.05, 3.63) is 95.1 Å². The maximum absolute atomic E-state index is 13.3. The van der Waals surface area contributed by atoms with Crippen molar-refractivity contribution in [2.75, 3.05) is 26.4 Å². The van der Waals surface area contributed by atoms with Gasteiger partial charge in [0.1, 0.15) is 22.7 Å². The lowest BCUT2D eigenvalue weighted by atomic mass is 10.1. The van der Waals surface area contributed by atoms with Crippen molar-refractivity contribution in [1.82, 2.24) is 0 Å². The van der Waals surface area contributed by atoms with Crippen LogP contribution in [0, 0.1) is 0 Å². The van der Waals surface area contributed by atoms with Crippen LogP contribution in [-0.4, -0.2) is 61.0 Å². The first kappa shape index (κ1) is 53.0. The molecule has 10 nitrogen and oxygen atoms in total. The number of hydrogen-bond acceptors (Lipinski definition) is 10. The number of aliphatic imine (C=N–C) groups is 2. The van der Waals surface area contributed by atoms with Crippen LogP contribution in [0.5, 0.6) is 11.5 Å². The van der Waals surface area contributed by atoms with Crippen molar-refractivity contribution < 1.29 is 38.7 Å². The fourth-order valence-electron chi connectivity index (χ4n) is 7.12. The van der Waals surface area contributed by atoms with Gasteiger partial charge in [0.05, 0.1) is 37.8 Å². The van der Waals surface area contributed by atoms with Crippen LogP contribution >= 0.6 is 0 Å². The van der Waals surface area contributed by atoms with E-state index in [2.05, 4.69) is 13.8 Å². The molecule has 0 bridgehead atoms. The van der Waals surface area contributed by atoms with E-state index in [1.807, 2.05) is 12.1 Å². The number of hydrogen-bond donors (Lipinski definition) is 2. The van der Waals surface area contributed by atoms with Gasteiger partial charge in [-0.2, -0.15) is 0 Å². The molecule has 10 heteroatoms. The van der Waals surface area contributed by atoms with Crippen molar-refractivity contribution in [2.45, 2.75) is 156 Å². The lowest BCUT2D eigenvalue weighted by Gasteiger charge is -2.15. The fraction of sp³-hybridized carbons (Fsp3) is 0.519. The molecule has 0 aliphatic rings. The Morgan fingerprint density at radius 1 is 0.469 bits per heavy atom. The van der Waals surface area contributed by atoms with Gasteiger partial charge in [-0.15, -0.1) is 0 Å². The molecular formula is C54H76N2O8. The Morgan fingerprint density at radius 2 is 0.781 bits per heavy atom. The molecule has 0 heterocycles. The Labute approximate surface area is 383 Å². The summed E-state index contributed by atoms with van der Waals surface area (Å²) in [5, 5.41) is 22.6. The topological polar surface area (TPSA) is 136 Å². The molecule has 0 aliphatic carbocycles. The van der Waals surface area contributed by atoms with E-state index < -0.39 is 11.9 Å². The highest BCUT2D eigenvalue weighted by molar-refractivity contribution is 6.16. The molecular weight excluding hydrogens is 805 g/mol. The standard InChI is InChI=1S/C54H76N2O8/c1-5-9-11-13-15-17-19-21-23-31-37-63-49-39-47(55-41-45(53(59)61-7-3)51(57)43-33-27-25-28-34-43)48(40-50(49)64-38-32-24-22-20-18-16-14-12-10-6-2)56-42-46(54(60)62-8-4)52(58)44-35-29-26-30-36-44/h25-30,33-36,39-42,57-58H,5-24,31-32,37-38H2,1-4H3/b51-45-,52-46-,55-41?,56-42?. The molecule has 64 heavy (non-hydrogen) atoms. The summed E-state index contributed by atoms with van der Waals surface area (Å²) >= 11 is 0. The van der Waals surface area contributed by atoms with Gasteiger partial charge in [0, 0.05) is 35.7 Å². The van der Waals surface area contributed by atoms with Gasteiger partial charge in [-0.25, -0.2) is 9.59 Å². The van der Waals surface area contributed by atoms with Crippen molar-refractivity contribution in [3.8, 4) is 11.5 Å². The predicted molar refractivity (Wildman–Crippen MR) is 263 cm³/mol. The molecule has 0 fully saturated rings. The van der Waals surface area contributed by atoms with Gasteiger partial charge in [-0.05, 0) is 26.7 Å². The van der Waals surface area contributed by atoms with Crippen LogP contribution in [0.15, 0.2) is 93.9 Å². The van der Waals surface area contributed by atoms with Crippen LogP contribution in [0.3, 0.4) is 0 Å². The largest absolute Gasteiger partial charge is 0.506 e. The van der Waals surface area contributed by atoms with Crippen LogP contribution in [0.4, 0.5) is 11.4 Å². The van der Waals surface area contributed by atoms with Gasteiger partial charge in [-0.3, -0.25) is 9.98 Å². The van der Waals surface area contributed by atoms with Crippen LogP contribution in [0.2, 0.25) is 0 Å². The number of unbranched alkanes of at least 4 members (excludes halogenated alkanes) is 18. The van der Waals surface area contributed by atoms with E-state index in [1.54, 1.807) is 74.5 Å². The number of carbonyl (C=O) groups is 2. The van der Waals surface area contributed by atoms with Gasteiger partial charge in [-0.1, -0.05) is 190 Å². The van der Waals surface area contributed by atoms with Gasteiger partial charge in [0.2, 0.25) is 0 Å². The molecule has 0 saturated heterocycles. The average Bonchev–Trinajstić information content (AvgIpc) is 3.31. The summed E-state index contributed by atoms with van der Waals surface area (Å²) in [6.45, 7) is 8.95. The number of ether oxygens (including phenoxy) is 4. The van der Waals surface area contributed by atoms with Crippen molar-refractivity contribution in [2.24, 2.45) is 9.98 Å². The third-order valence-corrected chi connectivity index (χ3v) is 10.8. The second-order valence-corrected chi connectivity index (χ2v) is 16.1. The summed E-state index contributed by atoms with van der Waals surface area (Å²) < 4.78 is 23.5. The van der Waals surface area contributed by atoms with Crippen LogP contribution < -0.4 is 9.47 Å². The molecule has 0 spiro atoms. The minimum absolute atomic E-state index is 0.0870. The molecule has 3 aromatic rings. The van der Waals surface area contributed by atoms with Gasteiger partial charge in [0.25, 0.3) is 0 Å². The Balaban J connectivity index is 2.02. The molecule has 3 aromatic carbocycles. The maximum Gasteiger partial charge on any atom is 0.343 e. The zero-order chi connectivity index (χ0) is 46.0. The van der Waals surface area contributed by atoms with Crippen molar-refractivity contribution >= 4 is 47.3 Å². The molecule has 2 N–H and O–H groups in total. The highest BCUT2D eigenvalue weighted by Gasteiger charge is 2.20. The minimum Gasteiger partial charge on any atom is -0.506 e. The molecule has 0 aliphatic heterocycles. The molecule has 0 amide bonds. The number of rotatable bonds is 34. The van der Waals surface area contributed by atoms with Crippen molar-refractivity contribution in [3.63, 3.8) is 0 Å². The Hall–Kier alpha value is -5.38. The summed E-state index contributed by atoms with van der Waals surface area (Å²) in [6, 6.07) is 20.8. The first-order valence-electron chi connectivity index (χ1n) is 24.2. The predicted octanol–water partition coefficient (Wildman–Crippen LogP) is 14.8. The average molecular weight is 881 g/mol. The summed E-state index contributed by atoms with van der Waals surface area (Å²) in [6.07, 6.45) is 26.4. The van der Waals surface area contributed by atoms with Gasteiger partial charge < -0.3 is 29.2 Å². The number of nitrogens with zero attached hydrogens (tertiary/aromatic N) is 2. The van der Waals surface area contributed by atoms with Gasteiger partial charge in [0.15, 0.2) is 11.5 Å². The summed E-state index contributed by atoms with van der Waals surface area (Å²) in [5.74, 6) is -1.21. The normalized spacial score (nSPS) is 12.3. The van der Waals surface area contributed by atoms with Crippen LogP contribution in [-0.2, 0) is 19.1 Å². The van der Waals surface area contributed by atoms with E-state index in [-0.39, 0.29) is 47.3 Å². The number of esters is 2. The van der Waals surface area contributed by atoms with E-state index >= 15 is 0 Å².